The van der Waals surface area contributed by atoms with E-state index in [4.69, 9.17) is 28.2 Å². The molecule has 1 amide bonds. The van der Waals surface area contributed by atoms with E-state index in [9.17, 15) is 9.59 Å². The van der Waals surface area contributed by atoms with Crippen molar-refractivity contribution in [2.75, 3.05) is 58.6 Å². The first-order valence-corrected chi connectivity index (χ1v) is 14.1. The smallest absolute Gasteiger partial charge is 0.339 e. The summed E-state index contributed by atoms with van der Waals surface area (Å²) in [4.78, 5) is 35.4. The van der Waals surface area contributed by atoms with Gasteiger partial charge >= 0.3 is 5.63 Å². The lowest BCUT2D eigenvalue weighted by atomic mass is 10.0. The number of aliphatic imine (C=N–C) groups is 1. The van der Waals surface area contributed by atoms with E-state index < -0.39 is 17.2 Å². The molecule has 0 aromatic carbocycles. The molecule has 1 aliphatic heterocycles. The van der Waals surface area contributed by atoms with E-state index in [0.717, 1.165) is 6.42 Å². The summed E-state index contributed by atoms with van der Waals surface area (Å²) in [6.45, 7) is 14.7. The first-order chi connectivity index (χ1) is 18.8. The molecule has 11 nitrogen and oxygen atoms in total. The van der Waals surface area contributed by atoms with E-state index in [1.54, 1.807) is 26.0 Å². The van der Waals surface area contributed by atoms with Crippen LogP contribution in [0.25, 0.3) is 0 Å². The Hall–Kier alpha value is -2.67. The molecule has 0 saturated carbocycles. The zero-order chi connectivity index (χ0) is 28.5. The van der Waals surface area contributed by atoms with Gasteiger partial charge in [-0.2, -0.15) is 0 Å². The topological polar surface area (TPSA) is 130 Å². The molecule has 39 heavy (non-hydrogen) atoms. The molecular weight excluding hydrogens is 526 g/mol. The van der Waals surface area contributed by atoms with Gasteiger partial charge < -0.3 is 33.5 Å². The number of carbonyl (C=O) groups is 1. The summed E-state index contributed by atoms with van der Waals surface area (Å²) in [7, 11) is 0. The van der Waals surface area contributed by atoms with E-state index in [0.29, 0.717) is 74.1 Å². The van der Waals surface area contributed by atoms with Gasteiger partial charge in [0.25, 0.3) is 0 Å². The number of carbonyl (C=O) groups excluding carboxylic acids is 1. The summed E-state index contributed by atoms with van der Waals surface area (Å²) in [6.07, 6.45) is 2.93. The van der Waals surface area contributed by atoms with Crippen LogP contribution in [0.5, 0.6) is 5.75 Å². The minimum Gasteiger partial charge on any atom is -0.489 e. The maximum atomic E-state index is 13.3. The average Bonchev–Trinajstić information content (AvgIpc) is 3.33. The molecule has 0 radical (unpaired) electrons. The molecule has 0 fully saturated rings. The number of hydrogen-bond acceptors (Lipinski definition) is 11. The van der Waals surface area contributed by atoms with E-state index in [2.05, 4.69) is 22.0 Å². The molecule has 1 aliphatic rings. The van der Waals surface area contributed by atoms with Gasteiger partial charge in [0.05, 0.1) is 45.1 Å². The number of ether oxygens (including phenoxy) is 4. The van der Waals surface area contributed by atoms with Crippen molar-refractivity contribution in [1.29, 1.82) is 0 Å². The number of amides is 1. The Balaban J connectivity index is 1.88. The van der Waals surface area contributed by atoms with Crippen molar-refractivity contribution in [2.45, 2.75) is 52.1 Å². The molecule has 1 aromatic heterocycles. The van der Waals surface area contributed by atoms with Crippen LogP contribution >= 0.6 is 11.8 Å². The van der Waals surface area contributed by atoms with E-state index >= 15 is 0 Å². The Morgan fingerprint density at radius 1 is 1.21 bits per heavy atom. The summed E-state index contributed by atoms with van der Waals surface area (Å²) in [6, 6.07) is 2.38. The summed E-state index contributed by atoms with van der Waals surface area (Å²) < 4.78 is 26.9. The number of thioether (sulfide) groups is 1. The van der Waals surface area contributed by atoms with Gasteiger partial charge in [-0.15, -0.1) is 11.8 Å². The molecule has 0 aliphatic carbocycles. The van der Waals surface area contributed by atoms with Crippen molar-refractivity contribution >= 4 is 28.4 Å². The second-order valence-corrected chi connectivity index (χ2v) is 9.80. The van der Waals surface area contributed by atoms with Gasteiger partial charge in [0, 0.05) is 18.4 Å². The predicted octanol–water partition coefficient (Wildman–Crippen LogP) is 3.53. The summed E-state index contributed by atoms with van der Waals surface area (Å²) in [5, 5.41) is 7.75. The third-order valence-electron chi connectivity index (χ3n) is 5.46. The monoisotopic (exact) mass is 567 g/mol. The zero-order valence-electron chi connectivity index (χ0n) is 23.4. The molecule has 218 valence electrons. The van der Waals surface area contributed by atoms with E-state index in [-0.39, 0.29) is 19.1 Å². The Labute approximate surface area is 234 Å². The highest BCUT2D eigenvalue weighted by Gasteiger charge is 2.40. The third-order valence-corrected chi connectivity index (χ3v) is 6.83. The van der Waals surface area contributed by atoms with Crippen LogP contribution in [-0.4, -0.2) is 80.8 Å². The third kappa shape index (κ3) is 11.5. The fraction of sp³-hybridized carbons (Fsp3) is 0.630. The Bertz CT molecular complexity index is 1030. The molecule has 2 rings (SSSR count). The SMILES string of the molecule is C=CCOc1cc(C(CCC)NC(=O)C2(C)CSC(C(C)=NOCCOCCOCCOCC)=N2)oc(=O)c1. The quantitative estimate of drug-likeness (QED) is 0.109. The molecular formula is C27H41N3O8S. The second kappa shape index (κ2) is 17.8. The molecule has 2 heterocycles. The highest BCUT2D eigenvalue weighted by molar-refractivity contribution is 8.16. The van der Waals surface area contributed by atoms with Crippen LogP contribution in [0.1, 0.15) is 52.3 Å². The Morgan fingerprint density at radius 2 is 1.90 bits per heavy atom. The number of nitrogens with zero attached hydrogens (tertiary/aromatic N) is 2. The fourth-order valence-electron chi connectivity index (χ4n) is 3.43. The lowest BCUT2D eigenvalue weighted by molar-refractivity contribution is -0.125. The highest BCUT2D eigenvalue weighted by Crippen LogP contribution is 2.30. The minimum atomic E-state index is -1.01. The number of rotatable bonds is 20. The van der Waals surface area contributed by atoms with Crippen molar-refractivity contribution in [3.63, 3.8) is 0 Å². The van der Waals surface area contributed by atoms with Gasteiger partial charge in [0.1, 0.15) is 41.0 Å². The summed E-state index contributed by atoms with van der Waals surface area (Å²) in [5.74, 6) is 0.871. The average molecular weight is 568 g/mol. The van der Waals surface area contributed by atoms with Gasteiger partial charge in [-0.05, 0) is 27.2 Å². The molecule has 2 unspecified atom stereocenters. The van der Waals surface area contributed by atoms with Crippen molar-refractivity contribution in [3.8, 4) is 5.75 Å². The van der Waals surface area contributed by atoms with Crippen molar-refractivity contribution in [2.24, 2.45) is 10.1 Å². The van der Waals surface area contributed by atoms with Crippen LogP contribution in [-0.2, 0) is 23.8 Å². The normalized spacial score (nSPS) is 17.9. The largest absolute Gasteiger partial charge is 0.489 e. The zero-order valence-corrected chi connectivity index (χ0v) is 24.2. The van der Waals surface area contributed by atoms with E-state index in [1.165, 1.54) is 17.8 Å². The maximum Gasteiger partial charge on any atom is 0.339 e. The lowest BCUT2D eigenvalue weighted by Crippen LogP contribution is -2.45. The van der Waals surface area contributed by atoms with Gasteiger partial charge in [0.15, 0.2) is 0 Å². The van der Waals surface area contributed by atoms with E-state index in [1.807, 2.05) is 13.8 Å². The molecule has 1 aromatic rings. The van der Waals surface area contributed by atoms with Gasteiger partial charge in [0.2, 0.25) is 5.91 Å². The number of nitrogens with one attached hydrogen (secondary N) is 1. The predicted molar refractivity (Wildman–Crippen MR) is 152 cm³/mol. The first-order valence-electron chi connectivity index (χ1n) is 13.2. The van der Waals surface area contributed by atoms with Gasteiger partial charge in [-0.25, -0.2) is 4.79 Å². The maximum absolute atomic E-state index is 13.3. The van der Waals surface area contributed by atoms with Crippen LogP contribution in [0, 0.1) is 0 Å². The molecule has 0 saturated heterocycles. The molecule has 2 atom stereocenters. The van der Waals surface area contributed by atoms with Crippen LogP contribution in [0.4, 0.5) is 0 Å². The first kappa shape index (κ1) is 32.5. The summed E-state index contributed by atoms with van der Waals surface area (Å²) >= 11 is 1.44. The second-order valence-electron chi connectivity index (χ2n) is 8.84. The fourth-order valence-corrected chi connectivity index (χ4v) is 4.56. The van der Waals surface area contributed by atoms with Crippen molar-refractivity contribution in [1.82, 2.24) is 5.32 Å². The van der Waals surface area contributed by atoms with Gasteiger partial charge in [-0.1, -0.05) is 31.2 Å². The van der Waals surface area contributed by atoms with Crippen LogP contribution in [0.2, 0.25) is 0 Å². The standard InChI is InChI=1S/C27H41N3O8S/c1-6-9-22(23-17-21(36-10-7-2)18-24(31)38-23)28-26(32)27(5)19-39-25(29-27)20(4)30-37-16-15-35-14-13-34-12-11-33-8-3/h7,17-18,22H,2,6,8-16,19H2,1,3-5H3,(H,28,32). The lowest BCUT2D eigenvalue weighted by Gasteiger charge is -2.24. The van der Waals surface area contributed by atoms with Crippen molar-refractivity contribution in [3.05, 3.63) is 41.0 Å². The molecule has 12 heteroatoms. The van der Waals surface area contributed by atoms with Gasteiger partial charge in [-0.3, -0.25) is 9.79 Å². The van der Waals surface area contributed by atoms with Crippen LogP contribution in [0.3, 0.4) is 0 Å². The van der Waals surface area contributed by atoms with Crippen LogP contribution in [0.15, 0.2) is 44.1 Å². The Kier molecular flexibility index (Phi) is 14.9. The minimum absolute atomic E-state index is 0.252. The molecule has 1 N–H and O–H groups in total. The number of hydrogen-bond donors (Lipinski definition) is 1. The Morgan fingerprint density at radius 3 is 2.56 bits per heavy atom. The van der Waals surface area contributed by atoms with Crippen molar-refractivity contribution < 1.29 is 33.0 Å². The highest BCUT2D eigenvalue weighted by atomic mass is 32.2. The summed E-state index contributed by atoms with van der Waals surface area (Å²) in [5.41, 5.74) is -0.974. The van der Waals surface area contributed by atoms with Crippen LogP contribution < -0.4 is 15.7 Å². The number of oxime groups is 1. The molecule has 0 bridgehead atoms. The molecule has 0 spiro atoms.